The first kappa shape index (κ1) is 10.5. The maximum atomic E-state index is 4.72. The first-order valence-corrected chi connectivity index (χ1v) is 5.43. The number of aromatic nitrogens is 9. The van der Waals surface area contributed by atoms with Gasteiger partial charge < -0.3 is 4.52 Å². The second-order valence-electron chi connectivity index (χ2n) is 3.69. The Balaban J connectivity index is 1.98. The lowest BCUT2D eigenvalue weighted by Crippen LogP contribution is -2.00. The van der Waals surface area contributed by atoms with E-state index in [1.807, 2.05) is 0 Å². The zero-order valence-corrected chi connectivity index (χ0v) is 9.70. The average Bonchev–Trinajstić information content (AvgIpc) is 3.23. The van der Waals surface area contributed by atoms with Crippen molar-refractivity contribution >= 4 is 0 Å². The summed E-state index contributed by atoms with van der Waals surface area (Å²) in [6.45, 7) is 0. The van der Waals surface area contributed by atoms with Gasteiger partial charge in [0.25, 0.3) is 0 Å². The fraction of sp³-hybridized carbons (Fsp3) is 0. The zero-order valence-electron chi connectivity index (χ0n) is 9.70. The van der Waals surface area contributed by atoms with Crippen molar-refractivity contribution in [3.05, 3.63) is 24.9 Å². The third kappa shape index (κ3) is 1.50. The molecule has 0 atom stereocenters. The van der Waals surface area contributed by atoms with Gasteiger partial charge in [-0.25, -0.2) is 4.63 Å². The van der Waals surface area contributed by atoms with Crippen LogP contribution >= 0.6 is 0 Å². The van der Waals surface area contributed by atoms with Gasteiger partial charge in [0.2, 0.25) is 12.2 Å². The molecule has 0 aliphatic carbocycles. The van der Waals surface area contributed by atoms with Crippen molar-refractivity contribution in [2.24, 2.45) is 0 Å². The van der Waals surface area contributed by atoms with Crippen LogP contribution in [0.3, 0.4) is 0 Å². The highest BCUT2D eigenvalue weighted by Gasteiger charge is 2.23. The first-order valence-electron chi connectivity index (χ1n) is 5.43. The molecule has 0 aliphatic heterocycles. The molecule has 98 valence electrons. The van der Waals surface area contributed by atoms with Crippen molar-refractivity contribution in [1.82, 2.24) is 45.6 Å². The molecule has 0 fully saturated rings. The van der Waals surface area contributed by atoms with E-state index >= 15 is 0 Å². The summed E-state index contributed by atoms with van der Waals surface area (Å²) in [5, 5.41) is 25.8. The van der Waals surface area contributed by atoms with Gasteiger partial charge in [0.1, 0.15) is 11.9 Å². The summed E-state index contributed by atoms with van der Waals surface area (Å²) < 4.78 is 10.8. The fourth-order valence-corrected chi connectivity index (χ4v) is 1.74. The van der Waals surface area contributed by atoms with E-state index in [4.69, 9.17) is 4.52 Å². The van der Waals surface area contributed by atoms with E-state index in [1.165, 1.54) is 17.3 Å². The standard InChI is InChI=1S/C9H5N9O2/c1-2-11-13-6(1)18-8(5-3-12-20-15-5)7(14-17-18)9-10-4-19-16-9/h1-4H,(H,11,13). The number of hydrogen-bond acceptors (Lipinski definition) is 9. The van der Waals surface area contributed by atoms with Crippen LogP contribution in [0.5, 0.6) is 0 Å². The molecule has 0 saturated heterocycles. The van der Waals surface area contributed by atoms with Crippen molar-refractivity contribution in [1.29, 1.82) is 0 Å². The van der Waals surface area contributed by atoms with E-state index in [0.717, 1.165) is 0 Å². The molecule has 20 heavy (non-hydrogen) atoms. The Kier molecular flexibility index (Phi) is 2.15. The molecule has 0 bridgehead atoms. The van der Waals surface area contributed by atoms with Gasteiger partial charge in [-0.15, -0.1) is 5.10 Å². The third-order valence-electron chi connectivity index (χ3n) is 2.56. The molecule has 0 unspecified atom stereocenters. The lowest BCUT2D eigenvalue weighted by molar-refractivity contribution is 0.308. The van der Waals surface area contributed by atoms with Gasteiger partial charge in [0.15, 0.2) is 17.2 Å². The SMILES string of the molecule is c1cc(-n2nnc(-c3ncon3)c2-c2cnon2)[nH]n1. The Morgan fingerprint density at radius 1 is 1.25 bits per heavy atom. The van der Waals surface area contributed by atoms with Gasteiger partial charge in [0, 0.05) is 6.07 Å². The highest BCUT2D eigenvalue weighted by molar-refractivity contribution is 5.72. The maximum absolute atomic E-state index is 4.72. The van der Waals surface area contributed by atoms with E-state index in [-0.39, 0.29) is 5.82 Å². The van der Waals surface area contributed by atoms with Gasteiger partial charge in [-0.1, -0.05) is 15.5 Å². The molecular weight excluding hydrogens is 266 g/mol. The molecule has 4 rings (SSSR count). The maximum Gasteiger partial charge on any atom is 0.225 e. The fourth-order valence-electron chi connectivity index (χ4n) is 1.74. The molecule has 4 aromatic rings. The molecule has 0 aromatic carbocycles. The van der Waals surface area contributed by atoms with Gasteiger partial charge >= 0.3 is 0 Å². The predicted octanol–water partition coefficient (Wildman–Crippen LogP) is 0.0904. The molecule has 0 aliphatic rings. The molecule has 11 heteroatoms. The number of hydrogen-bond donors (Lipinski definition) is 1. The van der Waals surface area contributed by atoms with Crippen LogP contribution in [0.4, 0.5) is 0 Å². The van der Waals surface area contributed by atoms with Crippen LogP contribution in [0.15, 0.2) is 34.0 Å². The minimum atomic E-state index is 0.286. The van der Waals surface area contributed by atoms with Crippen molar-refractivity contribution in [2.75, 3.05) is 0 Å². The quantitative estimate of drug-likeness (QED) is 0.549. The average molecular weight is 271 g/mol. The second-order valence-corrected chi connectivity index (χ2v) is 3.69. The van der Waals surface area contributed by atoms with E-state index in [0.29, 0.717) is 22.9 Å². The molecule has 11 nitrogen and oxygen atoms in total. The summed E-state index contributed by atoms with van der Waals surface area (Å²) in [4.78, 5) is 3.95. The van der Waals surface area contributed by atoms with Crippen molar-refractivity contribution in [2.45, 2.75) is 0 Å². The van der Waals surface area contributed by atoms with Crippen LogP contribution < -0.4 is 0 Å². The monoisotopic (exact) mass is 271 g/mol. The first-order chi connectivity index (χ1) is 9.93. The third-order valence-corrected chi connectivity index (χ3v) is 2.56. The number of rotatable bonds is 3. The normalized spacial score (nSPS) is 11.0. The van der Waals surface area contributed by atoms with Crippen molar-refractivity contribution in [3.8, 4) is 28.7 Å². The lowest BCUT2D eigenvalue weighted by Gasteiger charge is -2.00. The van der Waals surface area contributed by atoms with E-state index in [9.17, 15) is 0 Å². The molecular formula is C9H5N9O2. The Morgan fingerprint density at radius 2 is 2.25 bits per heavy atom. The van der Waals surface area contributed by atoms with Gasteiger partial charge in [-0.05, 0) is 5.16 Å². The van der Waals surface area contributed by atoms with Crippen LogP contribution in [-0.2, 0) is 0 Å². The number of nitrogens with zero attached hydrogens (tertiary/aromatic N) is 8. The summed E-state index contributed by atoms with van der Waals surface area (Å²) in [6, 6.07) is 1.73. The Morgan fingerprint density at radius 3 is 2.95 bits per heavy atom. The largest absolute Gasteiger partial charge is 0.342 e. The Hall–Kier alpha value is -3.37. The molecule has 1 N–H and O–H groups in total. The summed E-state index contributed by atoms with van der Waals surface area (Å²) in [5.41, 5.74) is 1.34. The molecule has 0 spiro atoms. The van der Waals surface area contributed by atoms with Crippen LogP contribution in [0.25, 0.3) is 28.7 Å². The summed E-state index contributed by atoms with van der Waals surface area (Å²) in [7, 11) is 0. The lowest BCUT2D eigenvalue weighted by atomic mass is 10.2. The smallest absolute Gasteiger partial charge is 0.225 e. The summed E-state index contributed by atoms with van der Waals surface area (Å²) in [5.74, 6) is 0.888. The zero-order chi connectivity index (χ0) is 13.4. The highest BCUT2D eigenvalue weighted by atomic mass is 16.6. The van der Waals surface area contributed by atoms with Gasteiger partial charge in [0.05, 0.1) is 6.20 Å². The summed E-state index contributed by atoms with van der Waals surface area (Å²) >= 11 is 0. The minimum absolute atomic E-state index is 0.286. The van der Waals surface area contributed by atoms with Crippen LogP contribution in [0, 0.1) is 0 Å². The van der Waals surface area contributed by atoms with E-state index < -0.39 is 0 Å². The Bertz CT molecular complexity index is 748. The minimum Gasteiger partial charge on any atom is -0.342 e. The highest BCUT2D eigenvalue weighted by Crippen LogP contribution is 2.27. The van der Waals surface area contributed by atoms with Gasteiger partial charge in [-0.2, -0.15) is 14.8 Å². The van der Waals surface area contributed by atoms with Crippen LogP contribution in [0.1, 0.15) is 0 Å². The number of aromatic amines is 1. The molecule has 0 amide bonds. The number of nitrogens with one attached hydrogen (secondary N) is 1. The summed E-state index contributed by atoms with van der Waals surface area (Å²) in [6.07, 6.45) is 4.24. The molecule has 4 heterocycles. The molecule has 0 radical (unpaired) electrons. The number of H-pyrrole nitrogens is 1. The van der Waals surface area contributed by atoms with Gasteiger partial charge in [-0.3, -0.25) is 5.10 Å². The molecule has 0 saturated carbocycles. The van der Waals surface area contributed by atoms with Crippen molar-refractivity contribution in [3.63, 3.8) is 0 Å². The van der Waals surface area contributed by atoms with Crippen molar-refractivity contribution < 1.29 is 9.15 Å². The second kappa shape index (κ2) is 4.08. The van der Waals surface area contributed by atoms with Crippen LogP contribution in [0.2, 0.25) is 0 Å². The topological polar surface area (TPSA) is 137 Å². The molecule has 4 aromatic heterocycles. The van der Waals surface area contributed by atoms with E-state index in [1.54, 1.807) is 12.3 Å². The predicted molar refractivity (Wildman–Crippen MR) is 60.1 cm³/mol. The van der Waals surface area contributed by atoms with E-state index in [2.05, 4.69) is 45.6 Å². The Labute approximate surface area is 109 Å². The van der Waals surface area contributed by atoms with Crippen LogP contribution in [-0.4, -0.2) is 45.6 Å².